The van der Waals surface area contributed by atoms with Crippen molar-refractivity contribution in [2.45, 2.75) is 6.04 Å². The van der Waals surface area contributed by atoms with Gasteiger partial charge in [-0.05, 0) is 30.3 Å². The number of carbonyl (C=O) groups is 2. The van der Waals surface area contributed by atoms with Gasteiger partial charge in [0, 0.05) is 39.1 Å². The number of anilines is 1. The van der Waals surface area contributed by atoms with E-state index in [0.29, 0.717) is 27.3 Å². The van der Waals surface area contributed by atoms with Gasteiger partial charge in [-0.25, -0.2) is 0 Å². The highest BCUT2D eigenvalue weighted by atomic mass is 35.5. The van der Waals surface area contributed by atoms with Crippen LogP contribution in [0, 0.1) is 0 Å². The van der Waals surface area contributed by atoms with E-state index >= 15 is 0 Å². The molecule has 0 saturated heterocycles. The first-order valence-corrected chi connectivity index (χ1v) is 11.7. The number of phenols is 1. The molecule has 0 saturated carbocycles. The molecule has 0 aliphatic carbocycles. The van der Waals surface area contributed by atoms with Gasteiger partial charge in [-0.15, -0.1) is 0 Å². The molecular weight excluding hydrogens is 496 g/mol. The van der Waals surface area contributed by atoms with Crippen LogP contribution >= 0.6 is 11.6 Å². The predicted octanol–water partition coefficient (Wildman–Crippen LogP) is 6.06. The minimum absolute atomic E-state index is 0.103. The summed E-state index contributed by atoms with van der Waals surface area (Å²) in [5.74, 6) is -2.18. The van der Waals surface area contributed by atoms with E-state index in [4.69, 9.17) is 20.8 Å². The number of aromatic amines is 1. The predicted molar refractivity (Wildman–Crippen MR) is 138 cm³/mol. The summed E-state index contributed by atoms with van der Waals surface area (Å²) in [4.78, 5) is 31.7. The SMILES string of the molecule is COc1cc(Cl)cc2cc(C(=O)C3=C(O)C(=O)N(c4ccccc4O)C3c3c[nH]c4ccccc34)oc12. The first kappa shape index (κ1) is 22.8. The number of aromatic nitrogens is 1. The van der Waals surface area contributed by atoms with E-state index in [2.05, 4.69) is 4.98 Å². The van der Waals surface area contributed by atoms with Crippen LogP contribution in [0.2, 0.25) is 5.02 Å². The summed E-state index contributed by atoms with van der Waals surface area (Å²) < 4.78 is 11.2. The molecule has 5 aromatic rings. The fourth-order valence-electron chi connectivity index (χ4n) is 4.85. The molecule has 9 heteroatoms. The molecule has 6 rings (SSSR count). The lowest BCUT2D eigenvalue weighted by atomic mass is 9.94. The highest BCUT2D eigenvalue weighted by molar-refractivity contribution is 6.31. The number of nitrogens with one attached hydrogen (secondary N) is 1. The number of rotatable bonds is 5. The molecule has 1 unspecified atom stereocenters. The Bertz CT molecular complexity index is 1770. The van der Waals surface area contributed by atoms with Gasteiger partial charge in [-0.2, -0.15) is 0 Å². The number of furan rings is 1. The highest BCUT2D eigenvalue weighted by Gasteiger charge is 2.47. The van der Waals surface area contributed by atoms with Crippen molar-refractivity contribution in [3.8, 4) is 11.5 Å². The lowest BCUT2D eigenvalue weighted by molar-refractivity contribution is -0.117. The molecule has 2 aromatic heterocycles. The van der Waals surface area contributed by atoms with E-state index in [0.717, 1.165) is 10.9 Å². The van der Waals surface area contributed by atoms with Crippen molar-refractivity contribution in [1.82, 2.24) is 4.98 Å². The van der Waals surface area contributed by atoms with Gasteiger partial charge in [0.05, 0.1) is 24.4 Å². The zero-order valence-corrected chi connectivity index (χ0v) is 20.1. The van der Waals surface area contributed by atoms with Gasteiger partial charge in [-0.1, -0.05) is 41.9 Å². The number of hydrogen-bond acceptors (Lipinski definition) is 6. The summed E-state index contributed by atoms with van der Waals surface area (Å²) >= 11 is 6.17. The minimum Gasteiger partial charge on any atom is -0.506 e. The Morgan fingerprint density at radius 2 is 1.84 bits per heavy atom. The summed E-state index contributed by atoms with van der Waals surface area (Å²) in [5.41, 5.74) is 1.62. The maximum atomic E-state index is 13.9. The Hall–Kier alpha value is -4.69. The Balaban J connectivity index is 1.56. The molecular formula is C28H19ClN2O6. The van der Waals surface area contributed by atoms with Gasteiger partial charge in [0.25, 0.3) is 5.91 Å². The molecule has 0 spiro atoms. The number of carbonyl (C=O) groups excluding carboxylic acids is 2. The minimum atomic E-state index is -1.05. The summed E-state index contributed by atoms with van der Waals surface area (Å²) in [6.45, 7) is 0. The normalized spacial score (nSPS) is 15.8. The van der Waals surface area contributed by atoms with Crippen molar-refractivity contribution >= 4 is 50.9 Å². The summed E-state index contributed by atoms with van der Waals surface area (Å²) in [6.07, 6.45) is 1.68. The fourth-order valence-corrected chi connectivity index (χ4v) is 5.07. The van der Waals surface area contributed by atoms with Crippen molar-refractivity contribution in [3.63, 3.8) is 0 Å². The largest absolute Gasteiger partial charge is 0.506 e. The van der Waals surface area contributed by atoms with Crippen molar-refractivity contribution in [2.24, 2.45) is 0 Å². The van der Waals surface area contributed by atoms with Crippen LogP contribution in [-0.2, 0) is 4.79 Å². The average molecular weight is 515 g/mol. The molecule has 8 nitrogen and oxygen atoms in total. The number of phenolic OH excluding ortho intramolecular Hbond substituents is 1. The van der Waals surface area contributed by atoms with Crippen molar-refractivity contribution in [2.75, 3.05) is 12.0 Å². The van der Waals surface area contributed by atoms with Crippen molar-refractivity contribution in [1.29, 1.82) is 0 Å². The number of para-hydroxylation sites is 3. The number of ether oxygens (including phenoxy) is 1. The monoisotopic (exact) mass is 514 g/mol. The topological polar surface area (TPSA) is 116 Å². The van der Waals surface area contributed by atoms with E-state index in [1.54, 1.807) is 36.5 Å². The molecule has 3 aromatic carbocycles. The van der Waals surface area contributed by atoms with E-state index < -0.39 is 23.5 Å². The van der Waals surface area contributed by atoms with Gasteiger partial charge < -0.3 is 24.4 Å². The number of H-pyrrole nitrogens is 1. The molecule has 0 radical (unpaired) electrons. The van der Waals surface area contributed by atoms with Gasteiger partial charge in [0.2, 0.25) is 5.78 Å². The number of ketones is 1. The fraction of sp³-hybridized carbons (Fsp3) is 0.0714. The number of Topliss-reactive ketones (excluding diaryl/α,β-unsaturated/α-hetero) is 1. The Kier molecular flexibility index (Phi) is 5.20. The second-order valence-electron chi connectivity index (χ2n) is 8.58. The number of aliphatic hydroxyl groups excluding tert-OH is 1. The second-order valence-corrected chi connectivity index (χ2v) is 9.02. The van der Waals surface area contributed by atoms with Crippen LogP contribution in [0.3, 0.4) is 0 Å². The van der Waals surface area contributed by atoms with Gasteiger partial charge in [-0.3, -0.25) is 14.5 Å². The van der Waals surface area contributed by atoms with Crippen LogP contribution < -0.4 is 9.64 Å². The number of fused-ring (bicyclic) bond motifs is 2. The second kappa shape index (κ2) is 8.46. The first-order valence-electron chi connectivity index (χ1n) is 11.3. The third kappa shape index (κ3) is 3.45. The van der Waals surface area contributed by atoms with E-state index in [9.17, 15) is 19.8 Å². The Morgan fingerprint density at radius 1 is 1.08 bits per heavy atom. The summed E-state index contributed by atoms with van der Waals surface area (Å²) in [5, 5.41) is 23.3. The smallest absolute Gasteiger partial charge is 0.294 e. The maximum absolute atomic E-state index is 13.9. The third-order valence-corrected chi connectivity index (χ3v) is 6.72. The number of nitrogens with zero attached hydrogens (tertiary/aromatic N) is 1. The van der Waals surface area contributed by atoms with Crippen molar-refractivity contribution < 1.29 is 29.0 Å². The van der Waals surface area contributed by atoms with E-state index in [1.165, 1.54) is 24.1 Å². The highest BCUT2D eigenvalue weighted by Crippen LogP contribution is 2.46. The molecule has 3 heterocycles. The molecule has 1 amide bonds. The number of benzene rings is 3. The number of halogens is 1. The van der Waals surface area contributed by atoms with Crippen LogP contribution in [0.4, 0.5) is 5.69 Å². The molecule has 0 fully saturated rings. The lowest BCUT2D eigenvalue weighted by Gasteiger charge is -2.26. The quantitative estimate of drug-likeness (QED) is 0.245. The summed E-state index contributed by atoms with van der Waals surface area (Å²) in [6, 6.07) is 17.3. The Morgan fingerprint density at radius 3 is 2.62 bits per heavy atom. The van der Waals surface area contributed by atoms with E-state index in [-0.39, 0.29) is 22.8 Å². The van der Waals surface area contributed by atoms with Crippen LogP contribution in [0.5, 0.6) is 11.5 Å². The molecule has 184 valence electrons. The number of amides is 1. The van der Waals surface area contributed by atoms with Crippen LogP contribution in [-0.4, -0.2) is 34.0 Å². The molecule has 3 N–H and O–H groups in total. The van der Waals surface area contributed by atoms with Crippen molar-refractivity contribution in [3.05, 3.63) is 101 Å². The zero-order chi connectivity index (χ0) is 25.8. The lowest BCUT2D eigenvalue weighted by Crippen LogP contribution is -2.31. The van der Waals surface area contributed by atoms with Crippen LogP contribution in [0.25, 0.3) is 21.9 Å². The number of methoxy groups -OCH3 is 1. The number of aromatic hydroxyl groups is 1. The first-order chi connectivity index (χ1) is 17.9. The van der Waals surface area contributed by atoms with Gasteiger partial charge in [0.15, 0.2) is 22.9 Å². The number of hydrogen-bond donors (Lipinski definition) is 3. The molecule has 1 aliphatic heterocycles. The van der Waals surface area contributed by atoms with Crippen LogP contribution in [0.1, 0.15) is 22.2 Å². The number of aliphatic hydroxyl groups is 1. The molecule has 37 heavy (non-hydrogen) atoms. The average Bonchev–Trinajstić information content (AvgIpc) is 3.58. The summed E-state index contributed by atoms with van der Waals surface area (Å²) in [7, 11) is 1.45. The zero-order valence-electron chi connectivity index (χ0n) is 19.4. The van der Waals surface area contributed by atoms with Crippen LogP contribution in [0.15, 0.2) is 88.7 Å². The third-order valence-electron chi connectivity index (χ3n) is 6.50. The van der Waals surface area contributed by atoms with Gasteiger partial charge >= 0.3 is 0 Å². The standard InChI is InChI=1S/C28H19ClN2O6/c1-36-22-12-15(29)10-14-11-21(37-27(14)22)25(33)23-24(17-13-30-18-7-3-2-6-16(17)18)31(28(35)26(23)34)19-8-4-5-9-20(19)32/h2-13,24,30,32,34H,1H3. The maximum Gasteiger partial charge on any atom is 0.294 e. The van der Waals surface area contributed by atoms with Gasteiger partial charge in [0.1, 0.15) is 5.75 Å². The Labute approximate surface area is 214 Å². The van der Waals surface area contributed by atoms with E-state index in [1.807, 2.05) is 24.3 Å². The molecule has 1 atom stereocenters. The molecule has 1 aliphatic rings. The molecule has 0 bridgehead atoms.